The van der Waals surface area contributed by atoms with Crippen LogP contribution in [0.5, 0.6) is 0 Å². The van der Waals surface area contributed by atoms with Gasteiger partial charge in [-0.25, -0.2) is 4.79 Å². The van der Waals surface area contributed by atoms with Crippen molar-refractivity contribution in [2.45, 2.75) is 27.3 Å². The number of hydrogen-bond donors (Lipinski definition) is 0. The van der Waals surface area contributed by atoms with Crippen LogP contribution in [0.2, 0.25) is 0 Å². The fourth-order valence-corrected chi connectivity index (χ4v) is 1.82. The van der Waals surface area contributed by atoms with Gasteiger partial charge in [-0.1, -0.05) is 6.92 Å². The number of aryl methyl sites for hydroxylation is 1. The molecule has 0 aliphatic heterocycles. The van der Waals surface area contributed by atoms with Crippen molar-refractivity contribution in [3.05, 3.63) is 23.2 Å². The molecule has 0 unspecified atom stereocenters. The van der Waals surface area contributed by atoms with Gasteiger partial charge >= 0.3 is 11.9 Å². The van der Waals surface area contributed by atoms with Crippen LogP contribution in [0.3, 0.4) is 0 Å². The molecule has 1 heterocycles. The van der Waals surface area contributed by atoms with Crippen LogP contribution < -0.4 is 0 Å². The number of nitrogens with zero attached hydrogens (tertiary/aromatic N) is 1. The molecule has 0 spiro atoms. The first kappa shape index (κ1) is 16.2. The summed E-state index contributed by atoms with van der Waals surface area (Å²) in [5, 5.41) is 0. The zero-order valence-electron chi connectivity index (χ0n) is 12.4. The van der Waals surface area contributed by atoms with Crippen molar-refractivity contribution in [3.8, 4) is 0 Å². The van der Waals surface area contributed by atoms with Gasteiger partial charge in [-0.3, -0.25) is 9.69 Å². The zero-order chi connectivity index (χ0) is 15.1. The first-order valence-corrected chi connectivity index (χ1v) is 6.57. The Bertz CT molecular complexity index is 466. The van der Waals surface area contributed by atoms with E-state index in [0.717, 1.165) is 0 Å². The molecule has 1 aromatic heterocycles. The van der Waals surface area contributed by atoms with Gasteiger partial charge in [0.25, 0.3) is 0 Å². The van der Waals surface area contributed by atoms with E-state index < -0.39 is 5.97 Å². The van der Waals surface area contributed by atoms with Crippen LogP contribution in [-0.2, 0) is 20.8 Å². The predicted molar refractivity (Wildman–Crippen MR) is 72.4 cm³/mol. The van der Waals surface area contributed by atoms with Crippen LogP contribution >= 0.6 is 0 Å². The Balaban J connectivity index is 2.70. The second-order valence-electron chi connectivity index (χ2n) is 4.28. The molecule has 0 amide bonds. The van der Waals surface area contributed by atoms with Crippen LogP contribution in [-0.4, -0.2) is 43.6 Å². The molecule has 0 radical (unpaired) electrons. The predicted octanol–water partition coefficient (Wildman–Crippen LogP) is 1.76. The average Bonchev–Trinajstić information content (AvgIpc) is 2.78. The fraction of sp³-hybridized carbons (Fsp3) is 0.571. The lowest BCUT2D eigenvalue weighted by Crippen LogP contribution is -2.30. The van der Waals surface area contributed by atoms with Gasteiger partial charge in [0.05, 0.1) is 26.8 Å². The second kappa shape index (κ2) is 7.69. The maximum Gasteiger partial charge on any atom is 0.341 e. The summed E-state index contributed by atoms with van der Waals surface area (Å²) in [6.45, 7) is 7.08. The van der Waals surface area contributed by atoms with Crippen molar-refractivity contribution in [1.82, 2.24) is 4.90 Å². The highest BCUT2D eigenvalue weighted by Crippen LogP contribution is 2.17. The van der Waals surface area contributed by atoms with Crippen molar-refractivity contribution in [3.63, 3.8) is 0 Å². The summed E-state index contributed by atoms with van der Waals surface area (Å²) in [6.07, 6.45) is 0. The first-order valence-electron chi connectivity index (χ1n) is 6.57. The lowest BCUT2D eigenvalue weighted by Gasteiger charge is -2.17. The summed E-state index contributed by atoms with van der Waals surface area (Å²) in [5.74, 6) is 0.435. The van der Waals surface area contributed by atoms with Crippen LogP contribution in [0.25, 0.3) is 0 Å². The van der Waals surface area contributed by atoms with Gasteiger partial charge in [0.15, 0.2) is 0 Å². The summed E-state index contributed by atoms with van der Waals surface area (Å²) in [5.41, 5.74) is 0.412. The lowest BCUT2D eigenvalue weighted by molar-refractivity contribution is -0.144. The molecule has 20 heavy (non-hydrogen) atoms. The normalized spacial score (nSPS) is 10.7. The van der Waals surface area contributed by atoms with Gasteiger partial charge in [0, 0.05) is 0 Å². The van der Waals surface area contributed by atoms with E-state index in [9.17, 15) is 9.59 Å². The zero-order valence-corrected chi connectivity index (χ0v) is 12.4. The molecule has 0 fully saturated rings. The maximum absolute atomic E-state index is 11.5. The third kappa shape index (κ3) is 4.38. The molecule has 112 valence electrons. The number of methoxy groups -OCH3 is 1. The lowest BCUT2D eigenvalue weighted by atomic mass is 10.2. The van der Waals surface area contributed by atoms with E-state index in [1.165, 1.54) is 7.11 Å². The molecule has 1 rings (SSSR count). The number of hydrogen-bond acceptors (Lipinski definition) is 6. The summed E-state index contributed by atoms with van der Waals surface area (Å²) in [4.78, 5) is 24.8. The SMILES string of the molecule is CCOC(=O)CN(CC)Cc1cc(C(=O)OC)c(C)o1. The standard InChI is InChI=1S/C14H21NO5/c1-5-15(9-13(16)19-6-2)8-11-7-12(10(3)20-11)14(17)18-4/h7H,5-6,8-9H2,1-4H3. The average molecular weight is 283 g/mol. The van der Waals surface area contributed by atoms with Gasteiger partial charge in [-0.05, 0) is 26.5 Å². The Kier molecular flexibility index (Phi) is 6.24. The number of ether oxygens (including phenoxy) is 2. The Morgan fingerprint density at radius 1 is 1.35 bits per heavy atom. The van der Waals surface area contributed by atoms with E-state index in [2.05, 4.69) is 4.74 Å². The molecule has 0 aliphatic rings. The Morgan fingerprint density at radius 3 is 2.60 bits per heavy atom. The monoisotopic (exact) mass is 283 g/mol. The van der Waals surface area contributed by atoms with Crippen LogP contribution in [0.15, 0.2) is 10.5 Å². The molecule has 0 N–H and O–H groups in total. The summed E-state index contributed by atoms with van der Waals surface area (Å²) in [7, 11) is 1.33. The van der Waals surface area contributed by atoms with E-state index in [1.54, 1.807) is 19.9 Å². The smallest absolute Gasteiger partial charge is 0.341 e. The van der Waals surface area contributed by atoms with E-state index in [-0.39, 0.29) is 12.5 Å². The van der Waals surface area contributed by atoms with Crippen LogP contribution in [0.4, 0.5) is 0 Å². The minimum Gasteiger partial charge on any atom is -0.465 e. The number of esters is 2. The minimum absolute atomic E-state index is 0.192. The van der Waals surface area contributed by atoms with E-state index in [1.807, 2.05) is 11.8 Å². The van der Waals surface area contributed by atoms with E-state index in [4.69, 9.17) is 9.15 Å². The highest BCUT2D eigenvalue weighted by atomic mass is 16.5. The molecule has 0 aromatic carbocycles. The van der Waals surface area contributed by atoms with Crippen LogP contribution in [0, 0.1) is 6.92 Å². The molecular formula is C14H21NO5. The third-order valence-corrected chi connectivity index (χ3v) is 2.86. The summed E-state index contributed by atoms with van der Waals surface area (Å²) < 4.78 is 15.1. The van der Waals surface area contributed by atoms with E-state index in [0.29, 0.717) is 36.8 Å². The molecule has 0 atom stereocenters. The maximum atomic E-state index is 11.5. The molecule has 0 bridgehead atoms. The number of rotatable bonds is 7. The summed E-state index contributed by atoms with van der Waals surface area (Å²) in [6, 6.07) is 1.65. The Morgan fingerprint density at radius 2 is 2.05 bits per heavy atom. The van der Waals surface area contributed by atoms with Gasteiger partial charge in [0.1, 0.15) is 17.1 Å². The molecule has 6 nitrogen and oxygen atoms in total. The first-order chi connectivity index (χ1) is 9.51. The van der Waals surface area contributed by atoms with Gasteiger partial charge in [-0.15, -0.1) is 0 Å². The highest BCUT2D eigenvalue weighted by molar-refractivity contribution is 5.90. The van der Waals surface area contributed by atoms with Crippen molar-refractivity contribution >= 4 is 11.9 Å². The Hall–Kier alpha value is -1.82. The van der Waals surface area contributed by atoms with Crippen molar-refractivity contribution in [2.24, 2.45) is 0 Å². The Labute approximate surface area is 118 Å². The second-order valence-corrected chi connectivity index (χ2v) is 4.28. The number of carbonyl (C=O) groups excluding carboxylic acids is 2. The van der Waals surface area contributed by atoms with Gasteiger partial charge in [0.2, 0.25) is 0 Å². The van der Waals surface area contributed by atoms with Gasteiger partial charge < -0.3 is 13.9 Å². The van der Waals surface area contributed by atoms with Gasteiger partial charge in [-0.2, -0.15) is 0 Å². The van der Waals surface area contributed by atoms with Crippen molar-refractivity contribution < 1.29 is 23.5 Å². The summed E-state index contributed by atoms with van der Waals surface area (Å²) >= 11 is 0. The third-order valence-electron chi connectivity index (χ3n) is 2.86. The molecule has 0 saturated carbocycles. The molecule has 0 aliphatic carbocycles. The van der Waals surface area contributed by atoms with Crippen molar-refractivity contribution in [2.75, 3.05) is 26.8 Å². The minimum atomic E-state index is -0.425. The van der Waals surface area contributed by atoms with Crippen molar-refractivity contribution in [1.29, 1.82) is 0 Å². The fourth-order valence-electron chi connectivity index (χ4n) is 1.82. The molecule has 1 aromatic rings. The number of likely N-dealkylation sites (N-methyl/N-ethyl adjacent to an activating group) is 1. The topological polar surface area (TPSA) is 69.0 Å². The highest BCUT2D eigenvalue weighted by Gasteiger charge is 2.18. The molecule has 0 saturated heterocycles. The number of carbonyl (C=O) groups is 2. The quantitative estimate of drug-likeness (QED) is 0.710. The van der Waals surface area contributed by atoms with Crippen LogP contribution in [0.1, 0.15) is 35.7 Å². The largest absolute Gasteiger partial charge is 0.465 e. The van der Waals surface area contributed by atoms with E-state index >= 15 is 0 Å². The molecule has 6 heteroatoms. The molecular weight excluding hydrogens is 262 g/mol. The number of furan rings is 1.